The summed E-state index contributed by atoms with van der Waals surface area (Å²) < 4.78 is 0. The van der Waals surface area contributed by atoms with Crippen LogP contribution in [-0.4, -0.2) is 22.9 Å². The van der Waals surface area contributed by atoms with Crippen LogP contribution in [0.15, 0.2) is 5.38 Å². The molecule has 28 heavy (non-hydrogen) atoms. The second kappa shape index (κ2) is 8.23. The van der Waals surface area contributed by atoms with Gasteiger partial charge in [0.25, 0.3) is 5.91 Å². The Morgan fingerprint density at radius 2 is 1.75 bits per heavy atom. The predicted octanol–water partition coefficient (Wildman–Crippen LogP) is 3.55. The zero-order valence-corrected chi connectivity index (χ0v) is 17.7. The zero-order valence-electron chi connectivity index (χ0n) is 16.8. The molecule has 3 rings (SSSR count). The van der Waals surface area contributed by atoms with Crippen molar-refractivity contribution in [3.8, 4) is 0 Å². The Hall–Kier alpha value is -1.89. The number of fused-ring (bicyclic) bond motifs is 1. The van der Waals surface area contributed by atoms with Crippen molar-refractivity contribution in [1.29, 1.82) is 0 Å². The smallest absolute Gasteiger partial charge is 0.307 e. The second-order valence-electron chi connectivity index (χ2n) is 9.14. The molecule has 1 aromatic heterocycles. The summed E-state index contributed by atoms with van der Waals surface area (Å²) >= 11 is 1.62. The molecule has 3 N–H and O–H groups in total. The Bertz CT molecular complexity index is 765. The van der Waals surface area contributed by atoms with E-state index in [9.17, 15) is 19.5 Å². The van der Waals surface area contributed by atoms with E-state index < -0.39 is 23.7 Å². The topological polar surface area (TPSA) is 95.5 Å². The Morgan fingerprint density at radius 3 is 2.39 bits per heavy atom. The van der Waals surface area contributed by atoms with E-state index in [-0.39, 0.29) is 11.3 Å². The van der Waals surface area contributed by atoms with Crippen LogP contribution in [0.1, 0.15) is 73.7 Å². The van der Waals surface area contributed by atoms with Crippen molar-refractivity contribution in [2.75, 3.05) is 0 Å². The summed E-state index contributed by atoms with van der Waals surface area (Å²) in [6.45, 7) is 6.78. The van der Waals surface area contributed by atoms with E-state index in [0.717, 1.165) is 37.7 Å². The van der Waals surface area contributed by atoms with E-state index in [1.165, 1.54) is 4.88 Å². The summed E-state index contributed by atoms with van der Waals surface area (Å²) in [6, 6.07) is 0. The number of hydrazine groups is 1. The summed E-state index contributed by atoms with van der Waals surface area (Å²) in [5.41, 5.74) is 6.95. The third kappa shape index (κ3) is 4.40. The minimum absolute atomic E-state index is 0.249. The molecule has 0 aromatic carbocycles. The molecule has 7 heteroatoms. The number of amides is 2. The molecule has 0 saturated heterocycles. The Balaban J connectivity index is 1.61. The highest BCUT2D eigenvalue weighted by Crippen LogP contribution is 2.40. The van der Waals surface area contributed by atoms with Gasteiger partial charge in [0.15, 0.2) is 0 Å². The molecule has 2 aliphatic carbocycles. The van der Waals surface area contributed by atoms with Crippen LogP contribution in [0.25, 0.3) is 0 Å². The fourth-order valence-corrected chi connectivity index (χ4v) is 5.62. The average Bonchev–Trinajstić information content (AvgIpc) is 3.08. The first-order valence-corrected chi connectivity index (χ1v) is 11.0. The van der Waals surface area contributed by atoms with Crippen molar-refractivity contribution < 1.29 is 19.5 Å². The van der Waals surface area contributed by atoms with Crippen LogP contribution in [0.4, 0.5) is 0 Å². The van der Waals surface area contributed by atoms with Gasteiger partial charge in [-0.05, 0) is 49.0 Å². The van der Waals surface area contributed by atoms with Crippen molar-refractivity contribution in [2.24, 2.45) is 23.2 Å². The number of hydrogen-bond donors (Lipinski definition) is 3. The normalized spacial score (nSPS) is 24.9. The van der Waals surface area contributed by atoms with Gasteiger partial charge in [0.05, 0.1) is 17.4 Å². The molecule has 0 radical (unpaired) electrons. The number of aliphatic carboxylic acids is 1. The summed E-state index contributed by atoms with van der Waals surface area (Å²) in [7, 11) is 0. The van der Waals surface area contributed by atoms with Crippen molar-refractivity contribution in [3.63, 3.8) is 0 Å². The highest BCUT2D eigenvalue weighted by Gasteiger charge is 2.36. The van der Waals surface area contributed by atoms with Crippen LogP contribution in [0.2, 0.25) is 0 Å². The van der Waals surface area contributed by atoms with Gasteiger partial charge in [0.1, 0.15) is 0 Å². The first-order valence-electron chi connectivity index (χ1n) is 10.1. The lowest BCUT2D eigenvalue weighted by atomic mass is 9.72. The fourth-order valence-electron chi connectivity index (χ4n) is 4.46. The number of carboxylic acid groups (broad SMARTS) is 1. The lowest BCUT2D eigenvalue weighted by Gasteiger charge is -2.34. The van der Waals surface area contributed by atoms with Crippen molar-refractivity contribution in [2.45, 2.75) is 65.7 Å². The number of thiophene rings is 1. The van der Waals surface area contributed by atoms with Crippen molar-refractivity contribution in [1.82, 2.24) is 10.9 Å². The van der Waals surface area contributed by atoms with Crippen LogP contribution in [0, 0.1) is 23.2 Å². The molecular formula is C21H30N2O4S. The van der Waals surface area contributed by atoms with Crippen LogP contribution < -0.4 is 10.9 Å². The maximum Gasteiger partial charge on any atom is 0.307 e. The summed E-state index contributed by atoms with van der Waals surface area (Å²) in [5.74, 6) is -2.32. The number of carbonyl (C=O) groups is 3. The Kier molecular flexibility index (Phi) is 6.12. The third-order valence-corrected chi connectivity index (χ3v) is 7.40. The van der Waals surface area contributed by atoms with Gasteiger partial charge in [0, 0.05) is 10.3 Å². The zero-order chi connectivity index (χ0) is 20.5. The lowest BCUT2D eigenvalue weighted by Crippen LogP contribution is -2.48. The molecule has 0 bridgehead atoms. The van der Waals surface area contributed by atoms with Gasteiger partial charge in [-0.2, -0.15) is 0 Å². The molecule has 154 valence electrons. The van der Waals surface area contributed by atoms with Gasteiger partial charge in [-0.15, -0.1) is 11.3 Å². The van der Waals surface area contributed by atoms with Gasteiger partial charge in [-0.1, -0.05) is 33.6 Å². The average molecular weight is 407 g/mol. The summed E-state index contributed by atoms with van der Waals surface area (Å²) in [6.07, 6.45) is 5.64. The molecule has 1 aromatic rings. The number of carboxylic acids is 1. The number of hydrogen-bond acceptors (Lipinski definition) is 4. The van der Waals surface area contributed by atoms with E-state index >= 15 is 0 Å². The molecule has 0 spiro atoms. The maximum atomic E-state index is 12.6. The van der Waals surface area contributed by atoms with E-state index in [2.05, 4.69) is 31.6 Å². The Labute approximate surface area is 170 Å². The van der Waals surface area contributed by atoms with Crippen LogP contribution in [0.3, 0.4) is 0 Å². The molecule has 0 aliphatic heterocycles. The molecule has 1 fully saturated rings. The molecule has 2 amide bonds. The van der Waals surface area contributed by atoms with E-state index in [0.29, 0.717) is 24.3 Å². The number of carbonyl (C=O) groups excluding carboxylic acids is 2. The Morgan fingerprint density at radius 1 is 1.07 bits per heavy atom. The summed E-state index contributed by atoms with van der Waals surface area (Å²) in [5, 5.41) is 11.2. The largest absolute Gasteiger partial charge is 0.481 e. The van der Waals surface area contributed by atoms with Gasteiger partial charge in [-0.3, -0.25) is 25.2 Å². The van der Waals surface area contributed by atoms with Crippen LogP contribution >= 0.6 is 11.3 Å². The van der Waals surface area contributed by atoms with E-state index in [1.807, 2.05) is 5.38 Å². The standard InChI is InChI=1S/C21H30N2O4S/c1-21(2,3)12-8-9-13-16(11-28-17(13)10-12)19(25)23-22-18(24)14-6-4-5-7-15(14)20(26)27/h11-12,14-15H,4-10H2,1-3H3,(H,22,24)(H,23,25)(H,26,27)/t12-,14+,15-/m0/s1. The quantitative estimate of drug-likeness (QED) is 0.669. The lowest BCUT2D eigenvalue weighted by molar-refractivity contribution is -0.149. The van der Waals surface area contributed by atoms with Crippen LogP contribution in [-0.2, 0) is 22.4 Å². The first kappa shape index (κ1) is 20.8. The minimum Gasteiger partial charge on any atom is -0.481 e. The predicted molar refractivity (Wildman–Crippen MR) is 108 cm³/mol. The minimum atomic E-state index is -0.938. The van der Waals surface area contributed by atoms with Crippen molar-refractivity contribution in [3.05, 3.63) is 21.4 Å². The molecule has 1 saturated carbocycles. The maximum absolute atomic E-state index is 12.6. The monoisotopic (exact) mass is 406 g/mol. The number of nitrogens with one attached hydrogen (secondary N) is 2. The molecular weight excluding hydrogens is 376 g/mol. The first-order chi connectivity index (χ1) is 13.2. The van der Waals surface area contributed by atoms with E-state index in [4.69, 9.17) is 0 Å². The SMILES string of the molecule is CC(C)(C)[C@H]1CCc2c(C(=O)NNC(=O)[C@@H]3CCCC[C@@H]3C(=O)O)csc2C1. The summed E-state index contributed by atoms with van der Waals surface area (Å²) in [4.78, 5) is 37.7. The van der Waals surface area contributed by atoms with Crippen molar-refractivity contribution >= 4 is 29.1 Å². The van der Waals surface area contributed by atoms with Gasteiger partial charge >= 0.3 is 5.97 Å². The second-order valence-corrected chi connectivity index (χ2v) is 10.1. The van der Waals surface area contributed by atoms with E-state index in [1.54, 1.807) is 11.3 Å². The molecule has 1 heterocycles. The van der Waals surface area contributed by atoms with Gasteiger partial charge in [-0.25, -0.2) is 0 Å². The van der Waals surface area contributed by atoms with Crippen LogP contribution in [0.5, 0.6) is 0 Å². The molecule has 2 aliphatic rings. The highest BCUT2D eigenvalue weighted by molar-refractivity contribution is 7.10. The van der Waals surface area contributed by atoms with Gasteiger partial charge in [0.2, 0.25) is 5.91 Å². The molecule has 3 atom stereocenters. The van der Waals surface area contributed by atoms with Gasteiger partial charge < -0.3 is 5.11 Å². The highest BCUT2D eigenvalue weighted by atomic mass is 32.1. The number of rotatable bonds is 3. The third-order valence-electron chi connectivity index (χ3n) is 6.34. The fraction of sp³-hybridized carbons (Fsp3) is 0.667. The molecule has 0 unspecified atom stereocenters. The molecule has 6 nitrogen and oxygen atoms in total.